The molecular formula is C22H24N4O2. The lowest BCUT2D eigenvalue weighted by molar-refractivity contribution is -0.121. The zero-order valence-corrected chi connectivity index (χ0v) is 16.3. The molecule has 0 saturated carbocycles. The molecule has 1 atom stereocenters. The number of carbonyl (C=O) groups is 1. The Bertz CT molecular complexity index is 1010. The molecule has 6 nitrogen and oxygen atoms in total. The molecule has 0 aliphatic rings. The number of nitrogens with zero attached hydrogens (tertiary/aromatic N) is 3. The van der Waals surface area contributed by atoms with E-state index in [1.165, 1.54) is 4.57 Å². The van der Waals surface area contributed by atoms with Crippen molar-refractivity contribution >= 4 is 5.91 Å². The minimum Gasteiger partial charge on any atom is -0.345 e. The molecule has 144 valence electrons. The number of aryl methyl sites for hydroxylation is 3. The largest absolute Gasteiger partial charge is 0.347 e. The molecule has 1 aromatic carbocycles. The van der Waals surface area contributed by atoms with E-state index in [-0.39, 0.29) is 24.1 Å². The van der Waals surface area contributed by atoms with Gasteiger partial charge >= 0.3 is 5.69 Å². The maximum atomic E-state index is 12.7. The number of hydrogen-bond acceptors (Lipinski definition) is 4. The SMILES string of the molecule is Cc1ccc([C@@H](NC(=O)CCn2c(C)cc(C)nc2=O)c2ccncc2)cc1. The van der Waals surface area contributed by atoms with E-state index in [9.17, 15) is 9.59 Å². The Morgan fingerprint density at radius 2 is 1.68 bits per heavy atom. The quantitative estimate of drug-likeness (QED) is 0.718. The Labute approximate surface area is 164 Å². The number of benzene rings is 1. The average Bonchev–Trinajstić information content (AvgIpc) is 2.67. The molecule has 1 N–H and O–H groups in total. The highest BCUT2D eigenvalue weighted by molar-refractivity contribution is 5.77. The summed E-state index contributed by atoms with van der Waals surface area (Å²) >= 11 is 0. The number of pyridine rings is 1. The maximum absolute atomic E-state index is 12.7. The maximum Gasteiger partial charge on any atom is 0.347 e. The topological polar surface area (TPSA) is 76.9 Å². The van der Waals surface area contributed by atoms with Gasteiger partial charge in [-0.3, -0.25) is 14.3 Å². The van der Waals surface area contributed by atoms with Gasteiger partial charge in [0.15, 0.2) is 0 Å². The first kappa shape index (κ1) is 19.5. The van der Waals surface area contributed by atoms with Crippen molar-refractivity contribution in [1.82, 2.24) is 19.9 Å². The molecule has 0 radical (unpaired) electrons. The van der Waals surface area contributed by atoms with E-state index >= 15 is 0 Å². The fraction of sp³-hybridized carbons (Fsp3) is 0.273. The lowest BCUT2D eigenvalue weighted by atomic mass is 9.98. The normalized spacial score (nSPS) is 11.8. The van der Waals surface area contributed by atoms with Crippen molar-refractivity contribution in [3.8, 4) is 0 Å². The summed E-state index contributed by atoms with van der Waals surface area (Å²) in [4.78, 5) is 32.8. The lowest BCUT2D eigenvalue weighted by Crippen LogP contribution is -2.32. The molecule has 1 amide bonds. The fourth-order valence-electron chi connectivity index (χ4n) is 3.17. The molecule has 0 aliphatic carbocycles. The van der Waals surface area contributed by atoms with Crippen molar-refractivity contribution in [2.24, 2.45) is 0 Å². The van der Waals surface area contributed by atoms with Crippen molar-refractivity contribution in [2.75, 3.05) is 0 Å². The Morgan fingerprint density at radius 1 is 1.04 bits per heavy atom. The van der Waals surface area contributed by atoms with Crippen LogP contribution in [0.3, 0.4) is 0 Å². The van der Waals surface area contributed by atoms with Gasteiger partial charge in [-0.25, -0.2) is 4.79 Å². The van der Waals surface area contributed by atoms with Crippen LogP contribution in [0.5, 0.6) is 0 Å². The van der Waals surface area contributed by atoms with Crippen molar-refractivity contribution in [3.05, 3.63) is 93.4 Å². The van der Waals surface area contributed by atoms with Crippen molar-refractivity contribution in [3.63, 3.8) is 0 Å². The van der Waals surface area contributed by atoms with Gasteiger partial charge in [0.05, 0.1) is 6.04 Å². The second-order valence-corrected chi connectivity index (χ2v) is 6.91. The third-order valence-corrected chi connectivity index (χ3v) is 4.66. The summed E-state index contributed by atoms with van der Waals surface area (Å²) in [6.07, 6.45) is 3.62. The molecule has 0 fully saturated rings. The summed E-state index contributed by atoms with van der Waals surface area (Å²) in [5, 5.41) is 3.09. The van der Waals surface area contributed by atoms with Gasteiger partial charge in [-0.15, -0.1) is 0 Å². The van der Waals surface area contributed by atoms with Crippen molar-refractivity contribution < 1.29 is 4.79 Å². The number of nitrogens with one attached hydrogen (secondary N) is 1. The summed E-state index contributed by atoms with van der Waals surface area (Å²) in [5.74, 6) is -0.130. The van der Waals surface area contributed by atoms with Crippen LogP contribution in [-0.2, 0) is 11.3 Å². The zero-order valence-electron chi connectivity index (χ0n) is 16.3. The minimum atomic E-state index is -0.325. The van der Waals surface area contributed by atoms with Crippen LogP contribution in [0.15, 0.2) is 59.7 Å². The Morgan fingerprint density at radius 3 is 2.32 bits per heavy atom. The molecule has 0 aliphatic heterocycles. The zero-order chi connectivity index (χ0) is 20.1. The van der Waals surface area contributed by atoms with E-state index in [0.29, 0.717) is 12.2 Å². The second-order valence-electron chi connectivity index (χ2n) is 6.91. The van der Waals surface area contributed by atoms with Crippen LogP contribution in [0.2, 0.25) is 0 Å². The van der Waals surface area contributed by atoms with Gasteiger partial charge in [-0.2, -0.15) is 4.98 Å². The standard InChI is InChI=1S/C22H24N4O2/c1-15-4-6-18(7-5-15)21(19-8-11-23-12-9-19)25-20(27)10-13-26-17(3)14-16(2)24-22(26)28/h4-9,11-12,14,21H,10,13H2,1-3H3,(H,25,27)/t21-/m1/s1. The van der Waals surface area contributed by atoms with Gasteiger partial charge in [-0.05, 0) is 50.1 Å². The molecule has 2 aromatic heterocycles. The van der Waals surface area contributed by atoms with Gasteiger partial charge in [0, 0.05) is 36.7 Å². The molecule has 6 heteroatoms. The van der Waals surface area contributed by atoms with Gasteiger partial charge < -0.3 is 5.32 Å². The van der Waals surface area contributed by atoms with Gasteiger partial charge in [0.2, 0.25) is 5.91 Å². The van der Waals surface area contributed by atoms with E-state index in [4.69, 9.17) is 0 Å². The number of aromatic nitrogens is 3. The summed E-state index contributed by atoms with van der Waals surface area (Å²) in [6.45, 7) is 5.95. The van der Waals surface area contributed by atoms with E-state index in [0.717, 1.165) is 22.4 Å². The summed E-state index contributed by atoms with van der Waals surface area (Å²) in [5.41, 5.74) is 4.27. The van der Waals surface area contributed by atoms with E-state index in [2.05, 4.69) is 15.3 Å². The van der Waals surface area contributed by atoms with Gasteiger partial charge in [0.1, 0.15) is 0 Å². The molecule has 3 aromatic rings. The molecular weight excluding hydrogens is 352 g/mol. The monoisotopic (exact) mass is 376 g/mol. The molecule has 0 spiro atoms. The number of rotatable bonds is 6. The van der Waals surface area contributed by atoms with Crippen LogP contribution in [0, 0.1) is 20.8 Å². The van der Waals surface area contributed by atoms with Crippen molar-refractivity contribution in [1.29, 1.82) is 0 Å². The molecule has 2 heterocycles. The molecule has 0 bridgehead atoms. The number of carbonyl (C=O) groups excluding carboxylic acids is 1. The fourth-order valence-corrected chi connectivity index (χ4v) is 3.17. The molecule has 0 unspecified atom stereocenters. The van der Waals surface area contributed by atoms with E-state index < -0.39 is 0 Å². The minimum absolute atomic E-state index is 0.130. The highest BCUT2D eigenvalue weighted by Crippen LogP contribution is 2.22. The smallest absolute Gasteiger partial charge is 0.345 e. The predicted octanol–water partition coefficient (Wildman–Crippen LogP) is 2.86. The van der Waals surface area contributed by atoms with E-state index in [1.54, 1.807) is 19.3 Å². The van der Waals surface area contributed by atoms with Crippen LogP contribution >= 0.6 is 0 Å². The Hall–Kier alpha value is -3.28. The summed E-state index contributed by atoms with van der Waals surface area (Å²) in [6, 6.07) is 13.4. The average molecular weight is 376 g/mol. The van der Waals surface area contributed by atoms with Crippen LogP contribution in [0.25, 0.3) is 0 Å². The van der Waals surface area contributed by atoms with Crippen LogP contribution in [0.1, 0.15) is 40.5 Å². The first-order chi connectivity index (χ1) is 13.4. The highest BCUT2D eigenvalue weighted by Gasteiger charge is 2.17. The molecule has 0 saturated heterocycles. The van der Waals surface area contributed by atoms with Crippen molar-refractivity contribution in [2.45, 2.75) is 39.8 Å². The number of amides is 1. The first-order valence-corrected chi connectivity index (χ1v) is 9.25. The van der Waals surface area contributed by atoms with Gasteiger partial charge in [-0.1, -0.05) is 29.8 Å². The first-order valence-electron chi connectivity index (χ1n) is 9.25. The number of hydrogen-bond donors (Lipinski definition) is 1. The summed E-state index contributed by atoms with van der Waals surface area (Å²) in [7, 11) is 0. The highest BCUT2D eigenvalue weighted by atomic mass is 16.2. The van der Waals surface area contributed by atoms with E-state index in [1.807, 2.05) is 56.3 Å². The predicted molar refractivity (Wildman–Crippen MR) is 108 cm³/mol. The Balaban J connectivity index is 1.77. The third-order valence-electron chi connectivity index (χ3n) is 4.66. The molecule has 3 rings (SSSR count). The lowest BCUT2D eigenvalue weighted by Gasteiger charge is -2.20. The Kier molecular flexibility index (Phi) is 5.99. The third kappa shape index (κ3) is 4.71. The second kappa shape index (κ2) is 8.61. The van der Waals surface area contributed by atoms with Crippen LogP contribution in [-0.4, -0.2) is 20.4 Å². The summed E-state index contributed by atoms with van der Waals surface area (Å²) < 4.78 is 1.53. The molecule has 28 heavy (non-hydrogen) atoms. The van der Waals surface area contributed by atoms with Crippen LogP contribution < -0.4 is 11.0 Å². The van der Waals surface area contributed by atoms with Gasteiger partial charge in [0.25, 0.3) is 0 Å². The van der Waals surface area contributed by atoms with Crippen LogP contribution in [0.4, 0.5) is 0 Å².